The lowest BCUT2D eigenvalue weighted by Gasteiger charge is -2.30. The Morgan fingerprint density at radius 1 is 1.69 bits per heavy atom. The third-order valence-corrected chi connectivity index (χ3v) is 5.29. The first-order valence-electron chi connectivity index (χ1n) is 5.71. The molecule has 0 amide bonds. The molecule has 2 N–H and O–H groups in total. The molecule has 1 aromatic rings. The Morgan fingerprint density at radius 2 is 2.50 bits per heavy atom. The number of nitrogens with one attached hydrogen (secondary N) is 1. The number of hydrogen-bond donors (Lipinski definition) is 2. The maximum atomic E-state index is 9.45. The molecule has 0 aliphatic heterocycles. The van der Waals surface area contributed by atoms with Gasteiger partial charge in [0.15, 0.2) is 0 Å². The van der Waals surface area contributed by atoms with E-state index >= 15 is 0 Å². The Hall–Kier alpha value is 0.1000. The molecule has 0 radical (unpaired) electrons. The van der Waals surface area contributed by atoms with Crippen molar-refractivity contribution in [1.82, 2.24) is 5.32 Å². The van der Waals surface area contributed by atoms with E-state index in [9.17, 15) is 5.11 Å². The Morgan fingerprint density at radius 3 is 3.12 bits per heavy atom. The molecule has 0 spiro atoms. The monoisotopic (exact) mass is 303 g/mol. The normalized spacial score (nSPS) is 29.8. The zero-order valence-corrected chi connectivity index (χ0v) is 11.9. The van der Waals surface area contributed by atoms with Crippen molar-refractivity contribution < 1.29 is 5.11 Å². The third-order valence-electron chi connectivity index (χ3n) is 3.59. The topological polar surface area (TPSA) is 32.3 Å². The van der Waals surface area contributed by atoms with Crippen LogP contribution in [0.3, 0.4) is 0 Å². The van der Waals surface area contributed by atoms with Crippen molar-refractivity contribution in [2.24, 2.45) is 5.41 Å². The number of rotatable bonds is 4. The number of aliphatic hydroxyl groups is 1. The van der Waals surface area contributed by atoms with E-state index in [2.05, 4.69) is 39.6 Å². The summed E-state index contributed by atoms with van der Waals surface area (Å²) in [7, 11) is 0. The summed E-state index contributed by atoms with van der Waals surface area (Å²) in [4.78, 5) is 1.35. The molecular formula is C12H18BrNOS. The van der Waals surface area contributed by atoms with Crippen molar-refractivity contribution in [2.45, 2.75) is 38.8 Å². The van der Waals surface area contributed by atoms with Gasteiger partial charge in [-0.15, -0.1) is 11.3 Å². The summed E-state index contributed by atoms with van der Waals surface area (Å²) < 4.78 is 1.16. The molecule has 2 nitrogen and oxygen atoms in total. The smallest absolute Gasteiger partial charge is 0.0499 e. The van der Waals surface area contributed by atoms with Crippen molar-refractivity contribution in [3.8, 4) is 0 Å². The predicted octanol–water partition coefficient (Wildman–Crippen LogP) is 3.15. The number of halogens is 1. The molecule has 1 saturated carbocycles. The van der Waals surface area contributed by atoms with E-state index in [1.807, 2.05) is 0 Å². The van der Waals surface area contributed by atoms with Gasteiger partial charge < -0.3 is 10.4 Å². The minimum Gasteiger partial charge on any atom is -0.396 e. The van der Waals surface area contributed by atoms with E-state index in [0.29, 0.717) is 12.6 Å². The first kappa shape index (κ1) is 12.6. The van der Waals surface area contributed by atoms with Crippen LogP contribution in [0.5, 0.6) is 0 Å². The number of hydrogen-bond acceptors (Lipinski definition) is 3. The van der Waals surface area contributed by atoms with E-state index in [4.69, 9.17) is 0 Å². The minimum atomic E-state index is 0.0779. The second-order valence-corrected chi connectivity index (χ2v) is 6.78. The number of thiophene rings is 1. The second kappa shape index (κ2) is 5.17. The average Bonchev–Trinajstić information content (AvgIpc) is 2.83. The molecular weight excluding hydrogens is 286 g/mol. The lowest BCUT2D eigenvalue weighted by Crippen LogP contribution is -2.41. The fourth-order valence-electron chi connectivity index (χ4n) is 2.44. The second-order valence-electron chi connectivity index (χ2n) is 4.87. The Kier molecular flexibility index (Phi) is 4.06. The van der Waals surface area contributed by atoms with Gasteiger partial charge in [-0.05, 0) is 34.8 Å². The largest absolute Gasteiger partial charge is 0.396 e. The van der Waals surface area contributed by atoms with Gasteiger partial charge in [-0.25, -0.2) is 0 Å². The van der Waals surface area contributed by atoms with Crippen molar-refractivity contribution in [3.05, 3.63) is 20.8 Å². The third kappa shape index (κ3) is 2.67. The molecule has 2 atom stereocenters. The summed E-state index contributed by atoms with van der Waals surface area (Å²) >= 11 is 5.23. The Balaban J connectivity index is 1.90. The first-order valence-corrected chi connectivity index (χ1v) is 7.38. The van der Waals surface area contributed by atoms with Gasteiger partial charge in [0.05, 0.1) is 0 Å². The van der Waals surface area contributed by atoms with E-state index in [-0.39, 0.29) is 5.41 Å². The lowest BCUT2D eigenvalue weighted by atomic mass is 9.86. The summed E-state index contributed by atoms with van der Waals surface area (Å²) in [5.74, 6) is 0. The molecule has 0 saturated heterocycles. The van der Waals surface area contributed by atoms with Gasteiger partial charge in [0, 0.05) is 39.3 Å². The molecule has 1 aliphatic rings. The van der Waals surface area contributed by atoms with E-state index < -0.39 is 0 Å². The predicted molar refractivity (Wildman–Crippen MR) is 71.7 cm³/mol. The quantitative estimate of drug-likeness (QED) is 0.895. The molecule has 0 bridgehead atoms. The summed E-state index contributed by atoms with van der Waals surface area (Å²) in [5.41, 5.74) is 0.0779. The van der Waals surface area contributed by atoms with Crippen molar-refractivity contribution in [3.63, 3.8) is 0 Å². The Labute approximate surface area is 109 Å². The minimum absolute atomic E-state index is 0.0779. The molecule has 1 fully saturated rings. The highest BCUT2D eigenvalue weighted by Gasteiger charge is 2.37. The molecule has 1 aliphatic carbocycles. The van der Waals surface area contributed by atoms with Crippen LogP contribution in [0.1, 0.15) is 31.1 Å². The number of aliphatic hydroxyl groups excluding tert-OH is 1. The lowest BCUT2D eigenvalue weighted by molar-refractivity contribution is 0.118. The summed E-state index contributed by atoms with van der Waals surface area (Å²) in [6, 6.07) is 2.61. The van der Waals surface area contributed by atoms with Crippen LogP contribution in [0.15, 0.2) is 15.9 Å². The van der Waals surface area contributed by atoms with Crippen LogP contribution in [-0.2, 0) is 6.54 Å². The van der Waals surface area contributed by atoms with Gasteiger partial charge in [-0.2, -0.15) is 0 Å². The van der Waals surface area contributed by atoms with Gasteiger partial charge in [-0.3, -0.25) is 0 Å². The van der Waals surface area contributed by atoms with Crippen LogP contribution in [0.2, 0.25) is 0 Å². The highest BCUT2D eigenvalue weighted by molar-refractivity contribution is 9.10. The van der Waals surface area contributed by atoms with Crippen LogP contribution >= 0.6 is 27.3 Å². The molecule has 2 unspecified atom stereocenters. The zero-order chi connectivity index (χ0) is 11.6. The van der Waals surface area contributed by atoms with Crippen LogP contribution < -0.4 is 5.32 Å². The van der Waals surface area contributed by atoms with Gasteiger partial charge in [0.1, 0.15) is 0 Å². The summed E-state index contributed by atoms with van der Waals surface area (Å²) in [6.07, 6.45) is 3.54. The fourth-order valence-corrected chi connectivity index (χ4v) is 3.84. The van der Waals surface area contributed by atoms with E-state index in [0.717, 1.165) is 17.4 Å². The summed E-state index contributed by atoms with van der Waals surface area (Å²) in [6.45, 7) is 3.39. The van der Waals surface area contributed by atoms with Gasteiger partial charge in [0.25, 0.3) is 0 Å². The van der Waals surface area contributed by atoms with Crippen molar-refractivity contribution in [1.29, 1.82) is 0 Å². The molecule has 0 aromatic carbocycles. The average molecular weight is 304 g/mol. The van der Waals surface area contributed by atoms with Crippen LogP contribution in [0.25, 0.3) is 0 Å². The first-order chi connectivity index (χ1) is 7.64. The maximum absolute atomic E-state index is 9.45. The highest BCUT2D eigenvalue weighted by atomic mass is 79.9. The van der Waals surface area contributed by atoms with Gasteiger partial charge in [0.2, 0.25) is 0 Å². The van der Waals surface area contributed by atoms with Crippen molar-refractivity contribution >= 4 is 27.3 Å². The van der Waals surface area contributed by atoms with Gasteiger partial charge >= 0.3 is 0 Å². The SMILES string of the molecule is CC1(CO)CCCC1NCc1cc(Br)cs1. The molecule has 90 valence electrons. The van der Waals surface area contributed by atoms with E-state index in [1.165, 1.54) is 17.7 Å². The zero-order valence-electron chi connectivity index (χ0n) is 9.50. The van der Waals surface area contributed by atoms with Gasteiger partial charge in [-0.1, -0.05) is 13.3 Å². The van der Waals surface area contributed by atoms with E-state index in [1.54, 1.807) is 11.3 Å². The van der Waals surface area contributed by atoms with Crippen LogP contribution in [-0.4, -0.2) is 17.8 Å². The molecule has 16 heavy (non-hydrogen) atoms. The standard InChI is InChI=1S/C12H18BrNOS/c1-12(8-15)4-2-3-11(12)14-6-10-5-9(13)7-16-10/h5,7,11,14-15H,2-4,6,8H2,1H3. The maximum Gasteiger partial charge on any atom is 0.0499 e. The fraction of sp³-hybridized carbons (Fsp3) is 0.667. The molecule has 1 aromatic heterocycles. The van der Waals surface area contributed by atoms with Crippen LogP contribution in [0.4, 0.5) is 0 Å². The van der Waals surface area contributed by atoms with Crippen LogP contribution in [0, 0.1) is 5.41 Å². The molecule has 4 heteroatoms. The highest BCUT2D eigenvalue weighted by Crippen LogP contribution is 2.37. The Bertz CT molecular complexity index is 355. The van der Waals surface area contributed by atoms with Crippen molar-refractivity contribution in [2.75, 3.05) is 6.61 Å². The summed E-state index contributed by atoms with van der Waals surface area (Å²) in [5, 5.41) is 15.1. The molecule has 2 rings (SSSR count). The molecule has 1 heterocycles.